The second kappa shape index (κ2) is 8.28. The largest absolute Gasteiger partial charge is 0.336 e. The van der Waals surface area contributed by atoms with E-state index in [1.54, 1.807) is 24.3 Å². The van der Waals surface area contributed by atoms with E-state index in [2.05, 4.69) is 46.8 Å². The van der Waals surface area contributed by atoms with E-state index in [0.29, 0.717) is 24.3 Å². The number of amides is 2. The Morgan fingerprint density at radius 2 is 1.73 bits per heavy atom. The van der Waals surface area contributed by atoms with Gasteiger partial charge in [-0.25, -0.2) is 4.98 Å². The summed E-state index contributed by atoms with van der Waals surface area (Å²) in [4.78, 5) is 32.9. The summed E-state index contributed by atoms with van der Waals surface area (Å²) in [7, 11) is 0. The van der Waals surface area contributed by atoms with Crippen LogP contribution in [-0.4, -0.2) is 57.2 Å². The van der Waals surface area contributed by atoms with E-state index in [-0.39, 0.29) is 11.8 Å². The van der Waals surface area contributed by atoms with Crippen molar-refractivity contribution in [1.82, 2.24) is 19.2 Å². The Kier molecular flexibility index (Phi) is 5.55. The molecule has 0 radical (unpaired) electrons. The molecule has 2 aromatic heterocycles. The summed E-state index contributed by atoms with van der Waals surface area (Å²) in [5.74, 6) is -0.0907. The minimum Gasteiger partial charge on any atom is -0.336 e. The van der Waals surface area contributed by atoms with Crippen LogP contribution in [0.5, 0.6) is 0 Å². The number of piperazine rings is 1. The van der Waals surface area contributed by atoms with Crippen molar-refractivity contribution in [2.24, 2.45) is 0 Å². The maximum atomic E-state index is 12.8. The number of carbonyl (C=O) groups excluding carboxylic acids is 2. The average molecular weight is 406 g/mol. The lowest BCUT2D eigenvalue weighted by Gasteiger charge is -2.34. The van der Waals surface area contributed by atoms with E-state index in [4.69, 9.17) is 4.98 Å². The second-order valence-corrected chi connectivity index (χ2v) is 7.90. The third-order valence-electron chi connectivity index (χ3n) is 5.57. The highest BCUT2D eigenvalue weighted by Crippen LogP contribution is 2.18. The molecule has 0 bridgehead atoms. The number of rotatable bonds is 4. The molecule has 1 aromatic carbocycles. The van der Waals surface area contributed by atoms with Crippen LogP contribution in [0, 0.1) is 13.8 Å². The van der Waals surface area contributed by atoms with E-state index < -0.39 is 0 Å². The molecule has 0 aliphatic carbocycles. The van der Waals surface area contributed by atoms with Crippen molar-refractivity contribution < 1.29 is 9.59 Å². The van der Waals surface area contributed by atoms with Crippen molar-refractivity contribution in [3.63, 3.8) is 0 Å². The Labute approximate surface area is 176 Å². The fourth-order valence-electron chi connectivity index (χ4n) is 3.91. The summed E-state index contributed by atoms with van der Waals surface area (Å²) in [5, 5.41) is 2.72. The number of nitrogens with zero attached hydrogens (tertiary/aromatic N) is 4. The molecule has 1 aliphatic heterocycles. The van der Waals surface area contributed by atoms with Crippen molar-refractivity contribution in [2.75, 3.05) is 31.5 Å². The van der Waals surface area contributed by atoms with E-state index in [1.165, 1.54) is 18.2 Å². The van der Waals surface area contributed by atoms with E-state index >= 15 is 0 Å². The van der Waals surface area contributed by atoms with Crippen molar-refractivity contribution in [2.45, 2.75) is 27.3 Å². The highest BCUT2D eigenvalue weighted by atomic mass is 16.2. The topological polar surface area (TPSA) is 70.0 Å². The van der Waals surface area contributed by atoms with Gasteiger partial charge in [0.1, 0.15) is 5.65 Å². The number of hydrogen-bond donors (Lipinski definition) is 1. The highest BCUT2D eigenvalue weighted by Gasteiger charge is 2.23. The van der Waals surface area contributed by atoms with Gasteiger partial charge in [-0.2, -0.15) is 0 Å². The first-order valence-electron chi connectivity index (χ1n) is 10.2. The van der Waals surface area contributed by atoms with Gasteiger partial charge in [-0.15, -0.1) is 0 Å². The summed E-state index contributed by atoms with van der Waals surface area (Å²) < 4.78 is 2.16. The molecule has 1 fully saturated rings. The fraction of sp³-hybridized carbons (Fsp3) is 0.348. The molecule has 3 aromatic rings. The number of aromatic nitrogens is 2. The zero-order chi connectivity index (χ0) is 21.3. The molecular weight excluding hydrogens is 378 g/mol. The number of anilines is 1. The average Bonchev–Trinajstić information content (AvgIpc) is 3.02. The van der Waals surface area contributed by atoms with Gasteiger partial charge in [-0.05, 0) is 55.8 Å². The first kappa shape index (κ1) is 20.1. The lowest BCUT2D eigenvalue weighted by atomic mass is 10.1. The van der Waals surface area contributed by atoms with E-state index in [0.717, 1.165) is 31.0 Å². The van der Waals surface area contributed by atoms with Crippen LogP contribution in [0.2, 0.25) is 0 Å². The van der Waals surface area contributed by atoms with Gasteiger partial charge in [-0.3, -0.25) is 14.5 Å². The van der Waals surface area contributed by atoms with E-state index in [9.17, 15) is 9.59 Å². The third-order valence-corrected chi connectivity index (χ3v) is 5.57. The van der Waals surface area contributed by atoms with Gasteiger partial charge in [0.15, 0.2) is 0 Å². The van der Waals surface area contributed by atoms with Crippen molar-refractivity contribution >= 4 is 23.1 Å². The Bertz CT molecular complexity index is 1080. The SMILES string of the molecule is CC(=O)Nc1ccc(C(=O)N2CCN(Cc3c(C)nc4cc(C)ccn34)CC2)cc1. The molecule has 3 heterocycles. The minimum absolute atomic E-state index is 0.0329. The van der Waals surface area contributed by atoms with Crippen LogP contribution in [0.25, 0.3) is 5.65 Å². The van der Waals surface area contributed by atoms with Crippen molar-refractivity contribution in [3.8, 4) is 0 Å². The molecule has 0 unspecified atom stereocenters. The van der Waals surface area contributed by atoms with Gasteiger partial charge in [0.25, 0.3) is 5.91 Å². The lowest BCUT2D eigenvalue weighted by molar-refractivity contribution is -0.114. The van der Waals surface area contributed by atoms with Gasteiger partial charge in [0.2, 0.25) is 5.91 Å². The Morgan fingerprint density at radius 3 is 2.40 bits per heavy atom. The standard InChI is InChI=1S/C23H27N5O2/c1-16-8-9-28-21(17(2)24-22(28)14-16)15-26-10-12-27(13-11-26)23(30)19-4-6-20(7-5-19)25-18(3)29/h4-9,14H,10-13,15H2,1-3H3,(H,25,29). The predicted molar refractivity (Wildman–Crippen MR) is 117 cm³/mol. The molecular formula is C23H27N5O2. The number of nitrogens with one attached hydrogen (secondary N) is 1. The molecule has 7 heteroatoms. The summed E-state index contributed by atoms with van der Waals surface area (Å²) in [5.41, 5.74) is 5.79. The lowest BCUT2D eigenvalue weighted by Crippen LogP contribution is -2.48. The maximum absolute atomic E-state index is 12.8. The third kappa shape index (κ3) is 4.21. The van der Waals surface area contributed by atoms with Gasteiger partial charge in [-0.1, -0.05) is 0 Å². The molecule has 2 amide bonds. The summed E-state index contributed by atoms with van der Waals surface area (Å²) in [6, 6.07) is 11.3. The van der Waals surface area contributed by atoms with Crippen LogP contribution in [0.1, 0.15) is 34.2 Å². The molecule has 1 N–H and O–H groups in total. The summed E-state index contributed by atoms with van der Waals surface area (Å²) in [6.45, 7) is 9.47. The highest BCUT2D eigenvalue weighted by molar-refractivity contribution is 5.95. The quantitative estimate of drug-likeness (QED) is 0.725. The number of imidazole rings is 1. The molecule has 7 nitrogen and oxygen atoms in total. The smallest absolute Gasteiger partial charge is 0.253 e. The molecule has 0 saturated carbocycles. The maximum Gasteiger partial charge on any atom is 0.253 e. The fourth-order valence-corrected chi connectivity index (χ4v) is 3.91. The first-order valence-corrected chi connectivity index (χ1v) is 10.2. The Morgan fingerprint density at radius 1 is 1.03 bits per heavy atom. The molecule has 30 heavy (non-hydrogen) atoms. The summed E-state index contributed by atoms with van der Waals surface area (Å²) >= 11 is 0. The van der Waals surface area contributed by atoms with Crippen molar-refractivity contribution in [1.29, 1.82) is 0 Å². The number of benzene rings is 1. The monoisotopic (exact) mass is 405 g/mol. The Hall–Kier alpha value is -3.19. The number of fused-ring (bicyclic) bond motifs is 1. The van der Waals surface area contributed by atoms with Gasteiger partial charge >= 0.3 is 0 Å². The van der Waals surface area contributed by atoms with Crippen LogP contribution >= 0.6 is 0 Å². The van der Waals surface area contributed by atoms with Gasteiger partial charge in [0.05, 0.1) is 11.4 Å². The number of carbonyl (C=O) groups is 2. The van der Waals surface area contributed by atoms with Crippen LogP contribution in [0.3, 0.4) is 0 Å². The van der Waals surface area contributed by atoms with E-state index in [1.807, 2.05) is 4.90 Å². The van der Waals surface area contributed by atoms with Gasteiger partial charge < -0.3 is 14.6 Å². The predicted octanol–water partition coefficient (Wildman–Crippen LogP) is 2.87. The first-order chi connectivity index (χ1) is 14.4. The molecule has 156 valence electrons. The Balaban J connectivity index is 1.38. The van der Waals surface area contributed by atoms with Crippen LogP contribution in [0.4, 0.5) is 5.69 Å². The zero-order valence-electron chi connectivity index (χ0n) is 17.7. The van der Waals surface area contributed by atoms with Crippen LogP contribution < -0.4 is 5.32 Å². The normalized spacial score (nSPS) is 14.8. The molecule has 1 aliphatic rings. The molecule has 4 rings (SSSR count). The van der Waals surface area contributed by atoms with Crippen LogP contribution in [-0.2, 0) is 11.3 Å². The number of aryl methyl sites for hydroxylation is 2. The number of pyridine rings is 1. The molecule has 0 spiro atoms. The molecule has 0 atom stereocenters. The van der Waals surface area contributed by atoms with Gasteiger partial charge in [0, 0.05) is 57.1 Å². The van der Waals surface area contributed by atoms with Crippen LogP contribution in [0.15, 0.2) is 42.6 Å². The number of hydrogen-bond acceptors (Lipinski definition) is 4. The zero-order valence-corrected chi connectivity index (χ0v) is 17.7. The minimum atomic E-state index is -0.124. The van der Waals surface area contributed by atoms with Crippen molar-refractivity contribution in [3.05, 3.63) is 65.1 Å². The molecule has 1 saturated heterocycles. The second-order valence-electron chi connectivity index (χ2n) is 7.90. The summed E-state index contributed by atoms with van der Waals surface area (Å²) in [6.07, 6.45) is 2.09.